The van der Waals surface area contributed by atoms with Gasteiger partial charge in [0.05, 0.1) is 11.1 Å². The lowest BCUT2D eigenvalue weighted by atomic mass is 9.96. The Hall–Kier alpha value is -1.36. The van der Waals surface area contributed by atoms with E-state index in [0.717, 1.165) is 0 Å². The highest BCUT2D eigenvalue weighted by Crippen LogP contribution is 2.39. The molecule has 90 valence electrons. The highest BCUT2D eigenvalue weighted by Gasteiger charge is 2.50. The second-order valence-corrected chi connectivity index (χ2v) is 5.01. The molecule has 0 unspecified atom stereocenters. The fourth-order valence-electron chi connectivity index (χ4n) is 2.15. The molecule has 0 aromatic heterocycles. The van der Waals surface area contributed by atoms with Crippen molar-refractivity contribution < 1.29 is 14.4 Å². The van der Waals surface area contributed by atoms with Gasteiger partial charge in [0, 0.05) is 12.5 Å². The zero-order valence-corrected chi connectivity index (χ0v) is 10.3. The van der Waals surface area contributed by atoms with Gasteiger partial charge in [-0.15, -0.1) is 5.06 Å². The van der Waals surface area contributed by atoms with Gasteiger partial charge in [-0.3, -0.25) is 9.59 Å². The largest absolute Gasteiger partial charge is 0.367 e. The Kier molecular flexibility index (Phi) is 2.85. The molecule has 0 atom stereocenters. The molecule has 1 aliphatic heterocycles. The molecular formula is C11H18N2O3. The molecule has 0 spiro atoms. The number of hydrogen-bond acceptors (Lipinski definition) is 4. The molecule has 1 aliphatic rings. The van der Waals surface area contributed by atoms with Crippen molar-refractivity contribution in [2.24, 2.45) is 5.73 Å². The van der Waals surface area contributed by atoms with Crippen LogP contribution in [0.4, 0.5) is 0 Å². The number of nitrogens with zero attached hydrogens (tertiary/aromatic N) is 1. The summed E-state index contributed by atoms with van der Waals surface area (Å²) in [4.78, 5) is 27.5. The molecule has 1 heterocycles. The summed E-state index contributed by atoms with van der Waals surface area (Å²) in [7, 11) is 0. The van der Waals surface area contributed by atoms with E-state index in [4.69, 9.17) is 10.6 Å². The Morgan fingerprint density at radius 3 is 2.12 bits per heavy atom. The van der Waals surface area contributed by atoms with Gasteiger partial charge in [-0.05, 0) is 27.7 Å². The summed E-state index contributed by atoms with van der Waals surface area (Å²) in [6, 6.07) is 0. The third kappa shape index (κ3) is 1.95. The number of hydrogen-bond donors (Lipinski definition) is 1. The number of nitrogens with two attached hydrogens (primary N) is 1. The summed E-state index contributed by atoms with van der Waals surface area (Å²) >= 11 is 0. The number of carbonyl (C=O) groups excluding carboxylic acids is 2. The molecule has 0 aromatic carbocycles. The molecule has 0 saturated carbocycles. The Bertz CT molecular complexity index is 369. The molecule has 0 fully saturated rings. The Morgan fingerprint density at radius 2 is 1.81 bits per heavy atom. The van der Waals surface area contributed by atoms with Crippen LogP contribution in [-0.2, 0) is 14.4 Å². The first kappa shape index (κ1) is 12.7. The molecular weight excluding hydrogens is 208 g/mol. The van der Waals surface area contributed by atoms with E-state index in [2.05, 4.69) is 0 Å². The lowest BCUT2D eigenvalue weighted by Gasteiger charge is -2.38. The van der Waals surface area contributed by atoms with Crippen molar-refractivity contribution in [1.82, 2.24) is 5.06 Å². The maximum absolute atomic E-state index is 11.3. The number of amides is 1. The SMILES string of the molecule is CC(=O)ON1C(C)(C)C=C(C(N)=O)C1(C)C. The maximum Gasteiger partial charge on any atom is 0.322 e. The quantitative estimate of drug-likeness (QED) is 0.754. The van der Waals surface area contributed by atoms with Crippen LogP contribution in [0.3, 0.4) is 0 Å². The summed E-state index contributed by atoms with van der Waals surface area (Å²) in [5.74, 6) is -0.909. The first-order valence-electron chi connectivity index (χ1n) is 5.11. The number of carbonyl (C=O) groups is 2. The highest BCUT2D eigenvalue weighted by molar-refractivity contribution is 5.95. The van der Waals surface area contributed by atoms with Gasteiger partial charge < -0.3 is 10.6 Å². The van der Waals surface area contributed by atoms with Crippen molar-refractivity contribution in [1.29, 1.82) is 0 Å². The highest BCUT2D eigenvalue weighted by atomic mass is 16.7. The fourth-order valence-corrected chi connectivity index (χ4v) is 2.15. The van der Waals surface area contributed by atoms with Crippen LogP contribution in [0.25, 0.3) is 0 Å². The van der Waals surface area contributed by atoms with Crippen LogP contribution in [0.1, 0.15) is 34.6 Å². The Labute approximate surface area is 95.2 Å². The molecule has 0 bridgehead atoms. The minimum Gasteiger partial charge on any atom is -0.367 e. The number of rotatable bonds is 2. The summed E-state index contributed by atoms with van der Waals surface area (Å²) in [6.45, 7) is 8.62. The van der Waals surface area contributed by atoms with Crippen LogP contribution in [0.15, 0.2) is 11.6 Å². The third-order valence-corrected chi connectivity index (χ3v) is 2.67. The predicted molar refractivity (Wildman–Crippen MR) is 59.0 cm³/mol. The van der Waals surface area contributed by atoms with Crippen LogP contribution in [0.2, 0.25) is 0 Å². The Morgan fingerprint density at radius 1 is 1.31 bits per heavy atom. The summed E-state index contributed by atoms with van der Waals surface area (Å²) in [5, 5.41) is 1.50. The average Bonchev–Trinajstić information content (AvgIpc) is 2.24. The second kappa shape index (κ2) is 3.59. The average molecular weight is 226 g/mol. The zero-order valence-electron chi connectivity index (χ0n) is 10.3. The number of hydroxylamine groups is 2. The molecule has 1 amide bonds. The van der Waals surface area contributed by atoms with Crippen molar-refractivity contribution in [2.75, 3.05) is 0 Å². The third-order valence-electron chi connectivity index (χ3n) is 2.67. The monoisotopic (exact) mass is 226 g/mol. The summed E-state index contributed by atoms with van der Waals surface area (Å²) < 4.78 is 0. The van der Waals surface area contributed by atoms with E-state index in [9.17, 15) is 9.59 Å². The van der Waals surface area contributed by atoms with Crippen LogP contribution in [0.5, 0.6) is 0 Å². The lowest BCUT2D eigenvalue weighted by Crippen LogP contribution is -2.51. The molecule has 0 radical (unpaired) electrons. The zero-order chi connectivity index (χ0) is 12.7. The van der Waals surface area contributed by atoms with Gasteiger partial charge in [0.1, 0.15) is 0 Å². The smallest absolute Gasteiger partial charge is 0.322 e. The molecule has 16 heavy (non-hydrogen) atoms. The molecule has 0 saturated heterocycles. The maximum atomic E-state index is 11.3. The van der Waals surface area contributed by atoms with Crippen LogP contribution in [-0.4, -0.2) is 28.0 Å². The first-order chi connectivity index (χ1) is 7.09. The van der Waals surface area contributed by atoms with E-state index >= 15 is 0 Å². The fraction of sp³-hybridized carbons (Fsp3) is 0.636. The van der Waals surface area contributed by atoms with E-state index in [1.165, 1.54) is 12.0 Å². The van der Waals surface area contributed by atoms with E-state index in [1.807, 2.05) is 13.8 Å². The summed E-state index contributed by atoms with van der Waals surface area (Å²) in [5.41, 5.74) is 4.52. The van der Waals surface area contributed by atoms with Gasteiger partial charge in [-0.1, -0.05) is 6.08 Å². The van der Waals surface area contributed by atoms with Crippen molar-refractivity contribution in [3.63, 3.8) is 0 Å². The van der Waals surface area contributed by atoms with Gasteiger partial charge in [0.25, 0.3) is 0 Å². The van der Waals surface area contributed by atoms with Gasteiger partial charge in [-0.2, -0.15) is 0 Å². The van der Waals surface area contributed by atoms with E-state index in [-0.39, 0.29) is 0 Å². The Balaban J connectivity index is 3.15. The topological polar surface area (TPSA) is 72.6 Å². The van der Waals surface area contributed by atoms with Crippen LogP contribution >= 0.6 is 0 Å². The van der Waals surface area contributed by atoms with Crippen molar-refractivity contribution in [3.8, 4) is 0 Å². The number of primary amides is 1. The van der Waals surface area contributed by atoms with E-state index in [1.54, 1.807) is 19.9 Å². The van der Waals surface area contributed by atoms with Gasteiger partial charge >= 0.3 is 5.97 Å². The van der Waals surface area contributed by atoms with Crippen molar-refractivity contribution >= 4 is 11.9 Å². The standard InChI is InChI=1S/C11H18N2O3/c1-7(14)16-13-10(2,3)6-8(9(12)15)11(13,4)5/h6H,1-5H3,(H2,12,15). The van der Waals surface area contributed by atoms with E-state index < -0.39 is 23.0 Å². The van der Waals surface area contributed by atoms with Crippen LogP contribution in [0, 0.1) is 0 Å². The molecule has 1 rings (SSSR count). The second-order valence-electron chi connectivity index (χ2n) is 5.01. The predicted octanol–water partition coefficient (Wildman–Crippen LogP) is 0.749. The first-order valence-corrected chi connectivity index (χ1v) is 5.11. The minimum atomic E-state index is -0.707. The lowest BCUT2D eigenvalue weighted by molar-refractivity contribution is -0.228. The molecule has 0 aromatic rings. The molecule has 5 nitrogen and oxygen atoms in total. The minimum absolute atomic E-state index is 0.416. The van der Waals surface area contributed by atoms with Crippen LogP contribution < -0.4 is 5.73 Å². The van der Waals surface area contributed by atoms with Gasteiger partial charge in [0.2, 0.25) is 5.91 Å². The van der Waals surface area contributed by atoms with Gasteiger partial charge in [-0.25, -0.2) is 0 Å². The van der Waals surface area contributed by atoms with Gasteiger partial charge in [0.15, 0.2) is 0 Å². The normalized spacial score (nSPS) is 22.7. The van der Waals surface area contributed by atoms with E-state index in [0.29, 0.717) is 5.57 Å². The van der Waals surface area contributed by atoms with Crippen molar-refractivity contribution in [2.45, 2.75) is 45.7 Å². The molecule has 2 N–H and O–H groups in total. The summed E-state index contributed by atoms with van der Waals surface area (Å²) in [6.07, 6.45) is 1.73. The molecule has 5 heteroatoms. The molecule has 0 aliphatic carbocycles. The van der Waals surface area contributed by atoms with Crippen molar-refractivity contribution in [3.05, 3.63) is 11.6 Å².